The van der Waals surface area contributed by atoms with Gasteiger partial charge in [-0.2, -0.15) is 0 Å². The molecule has 0 fully saturated rings. The summed E-state index contributed by atoms with van der Waals surface area (Å²) in [7, 11) is 1.62. The topological polar surface area (TPSA) is 42.6 Å². The lowest BCUT2D eigenvalue weighted by Gasteiger charge is -2.33. The fraction of sp³-hybridized carbons (Fsp3) is 0.467. The lowest BCUT2D eigenvalue weighted by Crippen LogP contribution is -2.37. The maximum absolute atomic E-state index is 10.6. The highest BCUT2D eigenvalue weighted by Gasteiger charge is 2.37. The fourth-order valence-electron chi connectivity index (χ4n) is 2.48. The fourth-order valence-corrected chi connectivity index (χ4v) is 2.70. The molecule has 1 aromatic heterocycles. The van der Waals surface area contributed by atoms with E-state index in [4.69, 9.17) is 20.8 Å². The first-order valence-electron chi connectivity index (χ1n) is 6.49. The summed E-state index contributed by atoms with van der Waals surface area (Å²) in [6.07, 6.45) is 0.591. The zero-order valence-corrected chi connectivity index (χ0v) is 12.2. The first kappa shape index (κ1) is 14.4. The molecule has 1 unspecified atom stereocenters. The molecule has 1 atom stereocenters. The van der Waals surface area contributed by atoms with Crippen LogP contribution in [0, 0.1) is 0 Å². The van der Waals surface area contributed by atoms with Crippen LogP contribution in [0.15, 0.2) is 28.7 Å². The van der Waals surface area contributed by atoms with Crippen LogP contribution in [-0.2, 0) is 4.74 Å². The molecule has 2 rings (SSSR count). The van der Waals surface area contributed by atoms with E-state index in [1.54, 1.807) is 13.2 Å². The first-order chi connectivity index (χ1) is 9.07. The Morgan fingerprint density at radius 2 is 2.05 bits per heavy atom. The van der Waals surface area contributed by atoms with Gasteiger partial charge in [-0.1, -0.05) is 37.6 Å². The van der Waals surface area contributed by atoms with E-state index >= 15 is 0 Å². The highest BCUT2D eigenvalue weighted by molar-refractivity contribution is 6.34. The van der Waals surface area contributed by atoms with Crippen LogP contribution < -0.4 is 0 Å². The Bertz CT molecular complexity index is 549. The van der Waals surface area contributed by atoms with Crippen LogP contribution in [-0.4, -0.2) is 17.8 Å². The quantitative estimate of drug-likeness (QED) is 0.888. The zero-order chi connectivity index (χ0) is 14.0. The predicted octanol–water partition coefficient (Wildman–Crippen LogP) is 4.32. The Balaban J connectivity index is 2.46. The summed E-state index contributed by atoms with van der Waals surface area (Å²) >= 11 is 6.08. The van der Waals surface area contributed by atoms with Gasteiger partial charge in [0.2, 0.25) is 0 Å². The number of rotatable bonds is 5. The maximum atomic E-state index is 10.6. The third-order valence-electron chi connectivity index (χ3n) is 3.89. The molecule has 19 heavy (non-hydrogen) atoms. The van der Waals surface area contributed by atoms with Crippen molar-refractivity contribution in [1.29, 1.82) is 0 Å². The van der Waals surface area contributed by atoms with Gasteiger partial charge in [0, 0.05) is 12.5 Å². The molecule has 1 aromatic carbocycles. The molecular weight excluding hydrogens is 264 g/mol. The van der Waals surface area contributed by atoms with Gasteiger partial charge in [-0.05, 0) is 25.0 Å². The molecule has 0 saturated heterocycles. The molecule has 0 saturated carbocycles. The van der Waals surface area contributed by atoms with Crippen LogP contribution in [0.25, 0.3) is 11.0 Å². The highest BCUT2D eigenvalue weighted by atomic mass is 35.5. The third-order valence-corrected chi connectivity index (χ3v) is 4.18. The molecule has 0 aliphatic rings. The van der Waals surface area contributed by atoms with Crippen LogP contribution in [0.1, 0.15) is 38.6 Å². The number of halogens is 1. The van der Waals surface area contributed by atoms with Crippen LogP contribution >= 0.6 is 11.6 Å². The second kappa shape index (κ2) is 5.53. The number of methoxy groups -OCH3 is 1. The standard InChI is InChI=1S/C15H19ClO3/c1-4-15(5-2,18-3)14(17)12-9-10-7-6-8-11(16)13(10)19-12/h6-9,14,17H,4-5H2,1-3H3. The second-order valence-electron chi connectivity index (χ2n) is 4.69. The molecule has 0 amide bonds. The number of fused-ring (bicyclic) bond motifs is 1. The van der Waals surface area contributed by atoms with E-state index in [1.807, 2.05) is 32.0 Å². The molecule has 0 radical (unpaired) electrons. The minimum absolute atomic E-state index is 0.494. The number of furan rings is 1. The van der Waals surface area contributed by atoms with Crippen molar-refractivity contribution in [2.24, 2.45) is 0 Å². The van der Waals surface area contributed by atoms with Gasteiger partial charge < -0.3 is 14.3 Å². The predicted molar refractivity (Wildman–Crippen MR) is 76.5 cm³/mol. The molecule has 4 heteroatoms. The van der Waals surface area contributed by atoms with Gasteiger partial charge in [0.05, 0.1) is 5.02 Å². The highest BCUT2D eigenvalue weighted by Crippen LogP contribution is 2.38. The second-order valence-corrected chi connectivity index (χ2v) is 5.09. The molecule has 2 aromatic rings. The molecular formula is C15H19ClO3. The van der Waals surface area contributed by atoms with Crippen molar-refractivity contribution in [2.75, 3.05) is 7.11 Å². The van der Waals surface area contributed by atoms with Crippen LogP contribution in [0.5, 0.6) is 0 Å². The Morgan fingerprint density at radius 3 is 2.58 bits per heavy atom. The number of benzene rings is 1. The molecule has 3 nitrogen and oxygen atoms in total. The van der Waals surface area contributed by atoms with E-state index in [-0.39, 0.29) is 0 Å². The van der Waals surface area contributed by atoms with Crippen LogP contribution in [0.2, 0.25) is 5.02 Å². The molecule has 0 spiro atoms. The smallest absolute Gasteiger partial charge is 0.152 e. The monoisotopic (exact) mass is 282 g/mol. The van der Waals surface area contributed by atoms with E-state index in [0.29, 0.717) is 29.2 Å². The Labute approximate surface area is 118 Å². The summed E-state index contributed by atoms with van der Waals surface area (Å²) in [6.45, 7) is 3.98. The minimum atomic E-state index is -0.809. The Hall–Kier alpha value is -1.03. The summed E-state index contributed by atoms with van der Waals surface area (Å²) < 4.78 is 11.2. The van der Waals surface area contributed by atoms with Gasteiger partial charge in [-0.3, -0.25) is 0 Å². The van der Waals surface area contributed by atoms with E-state index in [0.717, 1.165) is 5.39 Å². The SMILES string of the molecule is CCC(CC)(OC)C(O)c1cc2cccc(Cl)c2o1. The Kier molecular flexibility index (Phi) is 4.19. The summed E-state index contributed by atoms with van der Waals surface area (Å²) in [4.78, 5) is 0. The van der Waals surface area contributed by atoms with Crippen LogP contribution in [0.4, 0.5) is 0 Å². The number of hydrogen-bond donors (Lipinski definition) is 1. The van der Waals surface area contributed by atoms with Crippen molar-refractivity contribution in [3.63, 3.8) is 0 Å². The molecule has 0 bridgehead atoms. The molecule has 1 N–H and O–H groups in total. The normalized spacial score (nSPS) is 13.9. The van der Waals surface area contributed by atoms with Crippen molar-refractivity contribution < 1.29 is 14.3 Å². The van der Waals surface area contributed by atoms with Crippen molar-refractivity contribution in [3.8, 4) is 0 Å². The molecule has 0 aliphatic heterocycles. The lowest BCUT2D eigenvalue weighted by molar-refractivity contribution is -0.116. The molecule has 104 valence electrons. The number of ether oxygens (including phenoxy) is 1. The number of hydrogen-bond acceptors (Lipinski definition) is 3. The van der Waals surface area contributed by atoms with Gasteiger partial charge in [-0.15, -0.1) is 0 Å². The van der Waals surface area contributed by atoms with Gasteiger partial charge in [0.1, 0.15) is 17.5 Å². The summed E-state index contributed by atoms with van der Waals surface area (Å²) in [5.41, 5.74) is -0.0178. The van der Waals surface area contributed by atoms with E-state index in [9.17, 15) is 5.11 Å². The number of para-hydroxylation sites is 1. The number of aliphatic hydroxyl groups is 1. The van der Waals surface area contributed by atoms with Gasteiger partial charge in [0.15, 0.2) is 5.58 Å². The van der Waals surface area contributed by atoms with Crippen molar-refractivity contribution in [1.82, 2.24) is 0 Å². The minimum Gasteiger partial charge on any atom is -0.457 e. The average molecular weight is 283 g/mol. The van der Waals surface area contributed by atoms with E-state index in [1.165, 1.54) is 0 Å². The van der Waals surface area contributed by atoms with Gasteiger partial charge >= 0.3 is 0 Å². The molecule has 1 heterocycles. The van der Waals surface area contributed by atoms with Crippen molar-refractivity contribution in [2.45, 2.75) is 38.4 Å². The maximum Gasteiger partial charge on any atom is 0.152 e. The number of aliphatic hydroxyl groups excluding tert-OH is 1. The largest absolute Gasteiger partial charge is 0.457 e. The Morgan fingerprint density at radius 1 is 1.37 bits per heavy atom. The first-order valence-corrected chi connectivity index (χ1v) is 6.87. The van der Waals surface area contributed by atoms with Gasteiger partial charge in [0.25, 0.3) is 0 Å². The summed E-state index contributed by atoms with van der Waals surface area (Å²) in [5, 5.41) is 12.0. The molecule has 0 aliphatic carbocycles. The van der Waals surface area contributed by atoms with Gasteiger partial charge in [-0.25, -0.2) is 0 Å². The van der Waals surface area contributed by atoms with E-state index in [2.05, 4.69) is 0 Å². The summed E-state index contributed by atoms with van der Waals surface area (Å²) in [5.74, 6) is 0.494. The summed E-state index contributed by atoms with van der Waals surface area (Å²) in [6, 6.07) is 7.37. The van der Waals surface area contributed by atoms with E-state index < -0.39 is 11.7 Å². The van der Waals surface area contributed by atoms with Crippen molar-refractivity contribution in [3.05, 3.63) is 35.0 Å². The van der Waals surface area contributed by atoms with Crippen LogP contribution in [0.3, 0.4) is 0 Å². The third kappa shape index (κ3) is 2.38. The zero-order valence-electron chi connectivity index (χ0n) is 11.4. The lowest BCUT2D eigenvalue weighted by atomic mass is 9.89. The average Bonchev–Trinajstić information content (AvgIpc) is 2.86. The van der Waals surface area contributed by atoms with Crippen molar-refractivity contribution >= 4 is 22.6 Å².